The Hall–Kier alpha value is -1.40. The van der Waals surface area contributed by atoms with Crippen LogP contribution in [-0.2, 0) is 14.3 Å². The second kappa shape index (κ2) is 71.1. The van der Waals surface area contributed by atoms with Crippen molar-refractivity contribution in [3.8, 4) is 0 Å². The molecule has 0 radical (unpaired) electrons. The minimum Gasteiger partial charge on any atom is -0.466 e. The third-order valence-electron chi connectivity index (χ3n) is 17.8. The second-order valence-corrected chi connectivity index (χ2v) is 26.0. The van der Waals surface area contributed by atoms with Gasteiger partial charge in [-0.3, -0.25) is 9.59 Å². The molecular formula is C75H147NO5. The third-order valence-corrected chi connectivity index (χ3v) is 17.8. The van der Waals surface area contributed by atoms with Crippen LogP contribution >= 0.6 is 0 Å². The Morgan fingerprint density at radius 3 is 0.840 bits per heavy atom. The van der Waals surface area contributed by atoms with Gasteiger partial charge in [0.25, 0.3) is 0 Å². The van der Waals surface area contributed by atoms with Crippen molar-refractivity contribution < 1.29 is 24.5 Å². The molecule has 2 atom stereocenters. The van der Waals surface area contributed by atoms with Gasteiger partial charge in [-0.1, -0.05) is 398 Å². The Balaban J connectivity index is 3.27. The highest BCUT2D eigenvalue weighted by molar-refractivity contribution is 5.76. The van der Waals surface area contributed by atoms with Crippen LogP contribution in [0.15, 0.2) is 12.2 Å². The predicted octanol–water partition coefficient (Wildman–Crippen LogP) is 24.3. The van der Waals surface area contributed by atoms with Gasteiger partial charge in [-0.2, -0.15) is 0 Å². The molecule has 6 nitrogen and oxygen atoms in total. The molecule has 0 aromatic heterocycles. The first-order valence-electron chi connectivity index (χ1n) is 37.5. The summed E-state index contributed by atoms with van der Waals surface area (Å²) in [7, 11) is 0. The van der Waals surface area contributed by atoms with E-state index >= 15 is 0 Å². The smallest absolute Gasteiger partial charge is 0.305 e. The number of unbranched alkanes of at least 4 members (excludes halogenated alkanes) is 60. The van der Waals surface area contributed by atoms with Crippen LogP contribution in [0.4, 0.5) is 0 Å². The van der Waals surface area contributed by atoms with E-state index in [0.29, 0.717) is 19.4 Å². The molecule has 0 rings (SSSR count). The first-order chi connectivity index (χ1) is 40.0. The van der Waals surface area contributed by atoms with Crippen molar-refractivity contribution in [3.63, 3.8) is 0 Å². The number of carbonyl (C=O) groups excluding carboxylic acids is 2. The van der Waals surface area contributed by atoms with Crippen molar-refractivity contribution in [2.24, 2.45) is 0 Å². The fourth-order valence-corrected chi connectivity index (χ4v) is 12.1. The summed E-state index contributed by atoms with van der Waals surface area (Å²) in [4.78, 5) is 24.6. The van der Waals surface area contributed by atoms with Gasteiger partial charge in [0.2, 0.25) is 5.91 Å². The van der Waals surface area contributed by atoms with Crippen LogP contribution in [-0.4, -0.2) is 47.4 Å². The Bertz CT molecular complexity index is 1220. The maximum Gasteiger partial charge on any atom is 0.305 e. The Kier molecular flexibility index (Phi) is 69.9. The number of hydrogen-bond acceptors (Lipinski definition) is 5. The van der Waals surface area contributed by atoms with Gasteiger partial charge in [-0.25, -0.2) is 0 Å². The van der Waals surface area contributed by atoms with E-state index in [9.17, 15) is 19.8 Å². The zero-order valence-electron chi connectivity index (χ0n) is 55.3. The number of ether oxygens (including phenoxy) is 1. The van der Waals surface area contributed by atoms with E-state index < -0.39 is 12.1 Å². The normalized spacial score (nSPS) is 12.5. The van der Waals surface area contributed by atoms with Crippen LogP contribution < -0.4 is 5.32 Å². The molecule has 0 saturated carbocycles. The monoisotopic (exact) mass is 1140 g/mol. The summed E-state index contributed by atoms with van der Waals surface area (Å²) in [5.41, 5.74) is 0. The van der Waals surface area contributed by atoms with Gasteiger partial charge in [0.1, 0.15) is 0 Å². The Morgan fingerprint density at radius 2 is 0.568 bits per heavy atom. The molecule has 0 aliphatic carbocycles. The van der Waals surface area contributed by atoms with Crippen LogP contribution in [0.3, 0.4) is 0 Å². The number of aliphatic hydroxyl groups is 2. The molecule has 0 aliphatic rings. The minimum absolute atomic E-state index is 0.0281. The summed E-state index contributed by atoms with van der Waals surface area (Å²) >= 11 is 0. The Morgan fingerprint density at radius 1 is 0.333 bits per heavy atom. The molecule has 482 valence electrons. The van der Waals surface area contributed by atoms with Crippen LogP contribution in [0, 0.1) is 0 Å². The highest BCUT2D eigenvalue weighted by Gasteiger charge is 2.18. The summed E-state index contributed by atoms with van der Waals surface area (Å²) in [6.07, 6.45) is 89.1. The average Bonchev–Trinajstić information content (AvgIpc) is 3.47. The molecule has 0 saturated heterocycles. The van der Waals surface area contributed by atoms with E-state index in [1.165, 1.54) is 366 Å². The topological polar surface area (TPSA) is 95.9 Å². The molecule has 0 aromatic carbocycles. The molecule has 3 N–H and O–H groups in total. The van der Waals surface area contributed by atoms with Crippen molar-refractivity contribution in [3.05, 3.63) is 12.2 Å². The van der Waals surface area contributed by atoms with Crippen molar-refractivity contribution in [2.45, 2.75) is 443 Å². The molecule has 0 spiro atoms. The molecular weight excluding hydrogens is 995 g/mol. The highest BCUT2D eigenvalue weighted by atomic mass is 16.5. The lowest BCUT2D eigenvalue weighted by atomic mass is 10.0. The molecule has 6 heteroatoms. The lowest BCUT2D eigenvalue weighted by molar-refractivity contribution is -0.143. The largest absolute Gasteiger partial charge is 0.466 e. The molecule has 0 bridgehead atoms. The van der Waals surface area contributed by atoms with E-state index in [1.807, 2.05) is 6.08 Å². The minimum atomic E-state index is -0.838. The van der Waals surface area contributed by atoms with Gasteiger partial charge < -0.3 is 20.3 Å². The maximum absolute atomic E-state index is 12.4. The Labute approximate surface area is 508 Å². The van der Waals surface area contributed by atoms with Crippen molar-refractivity contribution in [1.82, 2.24) is 5.32 Å². The van der Waals surface area contributed by atoms with Gasteiger partial charge in [0, 0.05) is 12.8 Å². The first kappa shape index (κ1) is 79.6. The number of aliphatic hydroxyl groups excluding tert-OH is 2. The summed E-state index contributed by atoms with van der Waals surface area (Å²) in [6.45, 7) is 4.93. The van der Waals surface area contributed by atoms with Gasteiger partial charge >= 0.3 is 5.97 Å². The third kappa shape index (κ3) is 67.6. The lowest BCUT2D eigenvalue weighted by Gasteiger charge is -2.20. The number of allylic oxidation sites excluding steroid dienone is 1. The van der Waals surface area contributed by atoms with Crippen LogP contribution in [0.2, 0.25) is 0 Å². The summed E-state index contributed by atoms with van der Waals surface area (Å²) in [5, 5.41) is 23.0. The molecule has 1 amide bonds. The van der Waals surface area contributed by atoms with E-state index in [-0.39, 0.29) is 18.5 Å². The molecule has 2 unspecified atom stereocenters. The fourth-order valence-electron chi connectivity index (χ4n) is 12.1. The predicted molar refractivity (Wildman–Crippen MR) is 357 cm³/mol. The van der Waals surface area contributed by atoms with E-state index in [4.69, 9.17) is 4.74 Å². The number of amides is 1. The van der Waals surface area contributed by atoms with E-state index in [0.717, 1.165) is 38.5 Å². The summed E-state index contributed by atoms with van der Waals surface area (Å²) in [5.74, 6) is -0.0343. The van der Waals surface area contributed by atoms with Crippen LogP contribution in [0.1, 0.15) is 431 Å². The number of nitrogens with one attached hydrogen (secondary N) is 1. The standard InChI is InChI=1S/C75H147NO5/c1-3-5-7-9-11-13-15-16-17-18-36-40-43-46-49-53-57-61-65-69-75(80)81-70-66-62-58-54-50-47-44-41-38-35-33-31-29-27-25-23-21-19-20-22-24-26-28-30-32-34-37-39-42-45-48-52-56-60-64-68-74(79)76-72(71-77)73(78)67-63-59-55-51-14-12-10-8-6-4-2/h63,67,72-73,77-78H,3-62,64-66,68-71H2,1-2H3,(H,76,79)/b67-63+. The maximum atomic E-state index is 12.4. The number of hydrogen-bond donors (Lipinski definition) is 3. The van der Waals surface area contributed by atoms with Crippen molar-refractivity contribution >= 4 is 11.9 Å². The second-order valence-electron chi connectivity index (χ2n) is 26.0. The molecule has 81 heavy (non-hydrogen) atoms. The lowest BCUT2D eigenvalue weighted by Crippen LogP contribution is -2.45. The fraction of sp³-hybridized carbons (Fsp3) is 0.947. The van der Waals surface area contributed by atoms with Crippen LogP contribution in [0.5, 0.6) is 0 Å². The highest BCUT2D eigenvalue weighted by Crippen LogP contribution is 2.20. The van der Waals surface area contributed by atoms with Crippen molar-refractivity contribution in [2.75, 3.05) is 13.2 Å². The van der Waals surface area contributed by atoms with Gasteiger partial charge in [-0.15, -0.1) is 0 Å². The zero-order chi connectivity index (χ0) is 58.5. The average molecular weight is 1140 g/mol. The number of carbonyl (C=O) groups is 2. The quantitative estimate of drug-likeness (QED) is 0.0320. The van der Waals surface area contributed by atoms with Gasteiger partial charge in [0.15, 0.2) is 0 Å². The van der Waals surface area contributed by atoms with E-state index in [1.54, 1.807) is 6.08 Å². The SMILES string of the molecule is CCCCCCCCCC/C=C/C(O)C(CO)NC(=O)CCCCCCCCCCCCCCCCCCCCCCCCCCCCCCCCCCCCCOC(=O)CCCCCCCCCCCCCCCCCCCCC. The van der Waals surface area contributed by atoms with Gasteiger partial charge in [0.05, 0.1) is 25.4 Å². The van der Waals surface area contributed by atoms with Crippen molar-refractivity contribution in [1.29, 1.82) is 0 Å². The summed E-state index contributed by atoms with van der Waals surface area (Å²) in [6, 6.07) is -0.621. The first-order valence-corrected chi connectivity index (χ1v) is 37.5. The molecule has 0 heterocycles. The number of rotatable bonds is 71. The molecule has 0 fully saturated rings. The molecule has 0 aromatic rings. The summed E-state index contributed by atoms with van der Waals surface area (Å²) < 4.78 is 5.52. The van der Waals surface area contributed by atoms with Gasteiger partial charge in [-0.05, 0) is 32.1 Å². The molecule has 0 aliphatic heterocycles. The van der Waals surface area contributed by atoms with E-state index in [2.05, 4.69) is 19.2 Å². The number of esters is 1. The van der Waals surface area contributed by atoms with Crippen LogP contribution in [0.25, 0.3) is 0 Å². The zero-order valence-corrected chi connectivity index (χ0v) is 55.3.